The highest BCUT2D eigenvalue weighted by Crippen LogP contribution is 2.37. The Kier molecular flexibility index (Phi) is 3.97. The van der Waals surface area contributed by atoms with E-state index >= 15 is 0 Å². The van der Waals surface area contributed by atoms with Gasteiger partial charge < -0.3 is 10.2 Å². The van der Waals surface area contributed by atoms with E-state index in [0.29, 0.717) is 6.04 Å². The van der Waals surface area contributed by atoms with Crippen LogP contribution in [0.15, 0.2) is 48.8 Å². The SMILES string of the molecule is C[C@@H](NC(=O)N1C[C@@H]2CC[C@@H]1C2)c1ccc(-c2cccnc2)cc1. The van der Waals surface area contributed by atoms with Gasteiger partial charge in [-0.3, -0.25) is 4.98 Å². The molecule has 1 aliphatic carbocycles. The van der Waals surface area contributed by atoms with Gasteiger partial charge in [-0.05, 0) is 54.9 Å². The summed E-state index contributed by atoms with van der Waals surface area (Å²) in [5.41, 5.74) is 3.37. The van der Waals surface area contributed by atoms with Gasteiger partial charge in [0.2, 0.25) is 0 Å². The first-order chi connectivity index (χ1) is 11.7. The Morgan fingerprint density at radius 1 is 1.21 bits per heavy atom. The molecule has 0 unspecified atom stereocenters. The van der Waals surface area contributed by atoms with Gasteiger partial charge in [-0.15, -0.1) is 0 Å². The lowest BCUT2D eigenvalue weighted by molar-refractivity contribution is 0.178. The van der Waals surface area contributed by atoms with Crippen LogP contribution in [0.2, 0.25) is 0 Å². The Labute approximate surface area is 142 Å². The van der Waals surface area contributed by atoms with Crippen molar-refractivity contribution in [2.24, 2.45) is 5.92 Å². The van der Waals surface area contributed by atoms with Crippen LogP contribution in [0, 0.1) is 5.92 Å². The van der Waals surface area contributed by atoms with E-state index in [9.17, 15) is 4.79 Å². The van der Waals surface area contributed by atoms with Crippen LogP contribution in [0.5, 0.6) is 0 Å². The van der Waals surface area contributed by atoms with Crippen LogP contribution in [0.3, 0.4) is 0 Å². The quantitative estimate of drug-likeness (QED) is 0.928. The van der Waals surface area contributed by atoms with Gasteiger partial charge in [0.25, 0.3) is 0 Å². The minimum atomic E-state index is 0.0135. The van der Waals surface area contributed by atoms with E-state index in [1.54, 1.807) is 6.20 Å². The molecule has 1 N–H and O–H groups in total. The lowest BCUT2D eigenvalue weighted by atomic mass is 10.0. The van der Waals surface area contributed by atoms with Crippen molar-refractivity contribution in [2.45, 2.75) is 38.3 Å². The van der Waals surface area contributed by atoms with Gasteiger partial charge in [0.15, 0.2) is 0 Å². The highest BCUT2D eigenvalue weighted by atomic mass is 16.2. The van der Waals surface area contributed by atoms with E-state index in [2.05, 4.69) is 40.6 Å². The van der Waals surface area contributed by atoms with Gasteiger partial charge in [0, 0.05) is 25.0 Å². The molecule has 1 saturated heterocycles. The Bertz CT molecular complexity index is 713. The molecule has 24 heavy (non-hydrogen) atoms. The second kappa shape index (κ2) is 6.27. The molecule has 1 aromatic carbocycles. The molecule has 2 aromatic rings. The van der Waals surface area contributed by atoms with E-state index < -0.39 is 0 Å². The lowest BCUT2D eigenvalue weighted by Gasteiger charge is -2.28. The van der Waals surface area contributed by atoms with Crippen molar-refractivity contribution in [1.82, 2.24) is 15.2 Å². The molecular weight excluding hydrogens is 298 g/mol. The molecule has 2 aliphatic rings. The number of fused-ring (bicyclic) bond motifs is 2. The number of benzene rings is 1. The number of hydrogen-bond donors (Lipinski definition) is 1. The number of urea groups is 1. The number of carbonyl (C=O) groups excluding carboxylic acids is 1. The number of rotatable bonds is 3. The number of nitrogens with one attached hydrogen (secondary N) is 1. The maximum absolute atomic E-state index is 12.5. The molecule has 3 atom stereocenters. The topological polar surface area (TPSA) is 45.2 Å². The Hall–Kier alpha value is -2.36. The lowest BCUT2D eigenvalue weighted by Crippen LogP contribution is -2.45. The van der Waals surface area contributed by atoms with Crippen LogP contribution in [0.25, 0.3) is 11.1 Å². The highest BCUT2D eigenvalue weighted by molar-refractivity contribution is 5.75. The predicted octanol–water partition coefficient (Wildman–Crippen LogP) is 4.00. The van der Waals surface area contributed by atoms with Crippen LogP contribution in [-0.2, 0) is 0 Å². The number of pyridine rings is 1. The molecule has 4 nitrogen and oxygen atoms in total. The molecule has 1 aliphatic heterocycles. The highest BCUT2D eigenvalue weighted by Gasteiger charge is 2.40. The molecule has 0 spiro atoms. The summed E-state index contributed by atoms with van der Waals surface area (Å²) in [6, 6.07) is 12.9. The smallest absolute Gasteiger partial charge is 0.318 e. The van der Waals surface area contributed by atoms with Crippen LogP contribution in [-0.4, -0.2) is 28.5 Å². The number of piperidine rings is 1. The summed E-state index contributed by atoms with van der Waals surface area (Å²) in [5.74, 6) is 0.731. The van der Waals surface area contributed by atoms with Crippen molar-refractivity contribution in [1.29, 1.82) is 0 Å². The van der Waals surface area contributed by atoms with Crippen molar-refractivity contribution in [3.8, 4) is 11.1 Å². The summed E-state index contributed by atoms with van der Waals surface area (Å²) in [6.45, 7) is 2.98. The summed E-state index contributed by atoms with van der Waals surface area (Å²) in [5, 5.41) is 3.16. The van der Waals surface area contributed by atoms with Crippen LogP contribution < -0.4 is 5.32 Å². The van der Waals surface area contributed by atoms with Gasteiger partial charge >= 0.3 is 6.03 Å². The van der Waals surface area contributed by atoms with Crippen LogP contribution >= 0.6 is 0 Å². The van der Waals surface area contributed by atoms with Crippen LogP contribution in [0.1, 0.15) is 37.8 Å². The van der Waals surface area contributed by atoms with Gasteiger partial charge in [-0.25, -0.2) is 4.79 Å². The fourth-order valence-corrected chi connectivity index (χ4v) is 4.02. The zero-order valence-corrected chi connectivity index (χ0v) is 14.0. The van der Waals surface area contributed by atoms with Crippen molar-refractivity contribution in [3.05, 3.63) is 54.4 Å². The largest absolute Gasteiger partial charge is 0.331 e. The van der Waals surface area contributed by atoms with Crippen molar-refractivity contribution < 1.29 is 4.79 Å². The van der Waals surface area contributed by atoms with E-state index in [0.717, 1.165) is 29.2 Å². The second-order valence-electron chi connectivity index (χ2n) is 7.02. The number of nitrogens with zero attached hydrogens (tertiary/aromatic N) is 2. The third-order valence-electron chi connectivity index (χ3n) is 5.42. The third-order valence-corrected chi connectivity index (χ3v) is 5.42. The summed E-state index contributed by atoms with van der Waals surface area (Å²) < 4.78 is 0. The fraction of sp³-hybridized carbons (Fsp3) is 0.400. The number of hydrogen-bond acceptors (Lipinski definition) is 2. The molecule has 2 amide bonds. The monoisotopic (exact) mass is 321 g/mol. The fourth-order valence-electron chi connectivity index (χ4n) is 4.02. The molecule has 1 saturated carbocycles. The molecular formula is C20H23N3O. The molecule has 1 aromatic heterocycles. The number of carbonyl (C=O) groups is 1. The minimum Gasteiger partial charge on any atom is -0.331 e. The van der Waals surface area contributed by atoms with E-state index in [-0.39, 0.29) is 12.1 Å². The maximum Gasteiger partial charge on any atom is 0.318 e. The summed E-state index contributed by atoms with van der Waals surface area (Å²) in [4.78, 5) is 18.7. The maximum atomic E-state index is 12.5. The average Bonchev–Trinajstić information content (AvgIpc) is 3.26. The van der Waals surface area contributed by atoms with Crippen LogP contribution in [0.4, 0.5) is 4.79 Å². The Balaban J connectivity index is 1.41. The molecule has 2 bridgehead atoms. The van der Waals surface area contributed by atoms with Gasteiger partial charge in [0.05, 0.1) is 6.04 Å². The summed E-state index contributed by atoms with van der Waals surface area (Å²) in [6.07, 6.45) is 7.30. The standard InChI is InChI=1S/C20H23N3O/c1-14(22-20(24)23-13-15-4-9-19(23)11-15)16-5-7-17(8-6-16)18-3-2-10-21-12-18/h2-3,5-8,10,12,14-15,19H,4,9,11,13H2,1H3,(H,22,24)/t14-,15-,19-/m1/s1. The van der Waals surface area contributed by atoms with E-state index in [1.165, 1.54) is 19.3 Å². The molecule has 4 heteroatoms. The first-order valence-electron chi connectivity index (χ1n) is 8.78. The molecule has 124 valence electrons. The number of amides is 2. The minimum absolute atomic E-state index is 0.0135. The Morgan fingerprint density at radius 2 is 2.04 bits per heavy atom. The van der Waals surface area contributed by atoms with Gasteiger partial charge in [-0.2, -0.15) is 0 Å². The van der Waals surface area contributed by atoms with Gasteiger partial charge in [0.1, 0.15) is 0 Å². The zero-order chi connectivity index (χ0) is 16.5. The normalized spacial score (nSPS) is 23.3. The molecule has 4 rings (SSSR count). The second-order valence-corrected chi connectivity index (χ2v) is 7.02. The molecule has 2 heterocycles. The first kappa shape index (κ1) is 15.2. The summed E-state index contributed by atoms with van der Waals surface area (Å²) in [7, 11) is 0. The van der Waals surface area contributed by atoms with Crippen molar-refractivity contribution >= 4 is 6.03 Å². The van der Waals surface area contributed by atoms with Crippen molar-refractivity contribution in [2.75, 3.05) is 6.54 Å². The zero-order valence-electron chi connectivity index (χ0n) is 14.0. The van der Waals surface area contributed by atoms with Gasteiger partial charge in [-0.1, -0.05) is 30.3 Å². The Morgan fingerprint density at radius 3 is 2.67 bits per heavy atom. The number of likely N-dealkylation sites (tertiary alicyclic amines) is 1. The third kappa shape index (κ3) is 2.88. The molecule has 0 radical (unpaired) electrons. The number of aromatic nitrogens is 1. The van der Waals surface area contributed by atoms with Crippen molar-refractivity contribution in [3.63, 3.8) is 0 Å². The molecule has 2 fully saturated rings. The first-order valence-corrected chi connectivity index (χ1v) is 8.78. The average molecular weight is 321 g/mol. The van der Waals surface area contributed by atoms with E-state index in [4.69, 9.17) is 0 Å². The predicted molar refractivity (Wildman–Crippen MR) is 94.5 cm³/mol. The summed E-state index contributed by atoms with van der Waals surface area (Å²) >= 11 is 0. The van der Waals surface area contributed by atoms with E-state index in [1.807, 2.05) is 24.1 Å².